The molecule has 0 saturated carbocycles. The lowest BCUT2D eigenvalue weighted by Gasteiger charge is -2.09. The number of hydrogen-bond acceptors (Lipinski definition) is 3. The molecule has 1 heterocycles. The maximum absolute atomic E-state index is 14.0. The van der Waals surface area contributed by atoms with E-state index >= 15 is 0 Å². The lowest BCUT2D eigenvalue weighted by Crippen LogP contribution is -2.28. The molecule has 2 N–H and O–H groups in total. The van der Waals surface area contributed by atoms with E-state index in [1.807, 2.05) is 0 Å². The molecule has 146 valence electrons. The molecule has 0 spiro atoms. The van der Waals surface area contributed by atoms with Crippen molar-refractivity contribution in [1.82, 2.24) is 10.3 Å². The number of fused-ring (bicyclic) bond motifs is 1. The molecule has 3 aromatic rings. The fraction of sp³-hybridized carbons (Fsp3) is 0.238. The standard InChI is InChI=1S/C21H20ClFN2O3/c1-28-8-2-3-14-9-16(23)10-17-19(14)24-12-18(20(17)26)21(27)25-11-13-4-6-15(22)7-5-13/h4-7,9-10,12H,2-3,8,11H2,1H3,(H,24,26)(H,25,27). The van der Waals surface area contributed by atoms with Crippen LogP contribution in [0.25, 0.3) is 10.9 Å². The van der Waals surface area contributed by atoms with Gasteiger partial charge < -0.3 is 15.0 Å². The molecule has 3 rings (SSSR count). The summed E-state index contributed by atoms with van der Waals surface area (Å²) in [4.78, 5) is 28.2. The minimum atomic E-state index is -0.525. The Balaban J connectivity index is 1.85. The van der Waals surface area contributed by atoms with Gasteiger partial charge in [-0.1, -0.05) is 23.7 Å². The summed E-state index contributed by atoms with van der Waals surface area (Å²) in [7, 11) is 1.60. The Hall–Kier alpha value is -2.70. The Morgan fingerprint density at radius 2 is 2.00 bits per heavy atom. The van der Waals surface area contributed by atoms with Crippen LogP contribution in [0.15, 0.2) is 47.4 Å². The van der Waals surface area contributed by atoms with Gasteiger partial charge in [0.1, 0.15) is 11.4 Å². The first-order valence-corrected chi connectivity index (χ1v) is 9.23. The summed E-state index contributed by atoms with van der Waals surface area (Å²) in [5.41, 5.74) is 1.50. The summed E-state index contributed by atoms with van der Waals surface area (Å²) in [6.45, 7) is 0.784. The molecular formula is C21H20ClFN2O3. The highest BCUT2D eigenvalue weighted by Gasteiger charge is 2.15. The summed E-state index contributed by atoms with van der Waals surface area (Å²) in [6.07, 6.45) is 2.63. The van der Waals surface area contributed by atoms with Crippen molar-refractivity contribution in [3.8, 4) is 0 Å². The number of hydrogen-bond donors (Lipinski definition) is 2. The van der Waals surface area contributed by atoms with Gasteiger partial charge in [0, 0.05) is 36.9 Å². The van der Waals surface area contributed by atoms with Crippen molar-refractivity contribution in [3.63, 3.8) is 0 Å². The normalized spacial score (nSPS) is 11.0. The van der Waals surface area contributed by atoms with Crippen molar-refractivity contribution >= 4 is 28.4 Å². The largest absolute Gasteiger partial charge is 0.385 e. The van der Waals surface area contributed by atoms with Crippen LogP contribution >= 0.6 is 11.6 Å². The van der Waals surface area contributed by atoms with Crippen LogP contribution in [0.2, 0.25) is 5.02 Å². The summed E-state index contributed by atoms with van der Waals surface area (Å²) >= 11 is 5.84. The van der Waals surface area contributed by atoms with Crippen molar-refractivity contribution in [2.24, 2.45) is 0 Å². The first kappa shape index (κ1) is 20.0. The van der Waals surface area contributed by atoms with Gasteiger partial charge in [0.05, 0.1) is 5.52 Å². The van der Waals surface area contributed by atoms with E-state index in [0.29, 0.717) is 35.6 Å². The van der Waals surface area contributed by atoms with E-state index in [4.69, 9.17) is 16.3 Å². The Morgan fingerprint density at radius 1 is 1.25 bits per heavy atom. The third-order valence-corrected chi connectivity index (χ3v) is 4.69. The number of carbonyl (C=O) groups is 1. The smallest absolute Gasteiger partial charge is 0.257 e. The Morgan fingerprint density at radius 3 is 2.71 bits per heavy atom. The van der Waals surface area contributed by atoms with Crippen LogP contribution < -0.4 is 10.7 Å². The highest BCUT2D eigenvalue weighted by Crippen LogP contribution is 2.18. The summed E-state index contributed by atoms with van der Waals surface area (Å²) in [5, 5.41) is 3.46. The molecule has 7 heteroatoms. The van der Waals surface area contributed by atoms with E-state index in [1.54, 1.807) is 31.4 Å². The zero-order chi connectivity index (χ0) is 20.1. The fourth-order valence-electron chi connectivity index (χ4n) is 3.02. The number of aryl methyl sites for hydroxylation is 1. The van der Waals surface area contributed by atoms with Crippen LogP contribution in [-0.2, 0) is 17.7 Å². The summed E-state index contributed by atoms with van der Waals surface area (Å²) in [6, 6.07) is 9.57. The van der Waals surface area contributed by atoms with Gasteiger partial charge in [0.15, 0.2) is 0 Å². The van der Waals surface area contributed by atoms with E-state index in [-0.39, 0.29) is 17.5 Å². The van der Waals surface area contributed by atoms with Gasteiger partial charge in [0.25, 0.3) is 5.91 Å². The van der Waals surface area contributed by atoms with E-state index < -0.39 is 17.2 Å². The van der Waals surface area contributed by atoms with E-state index in [9.17, 15) is 14.0 Å². The maximum Gasteiger partial charge on any atom is 0.257 e. The van der Waals surface area contributed by atoms with Gasteiger partial charge in [-0.25, -0.2) is 4.39 Å². The quantitative estimate of drug-likeness (QED) is 0.590. The van der Waals surface area contributed by atoms with E-state index in [2.05, 4.69) is 10.3 Å². The molecule has 28 heavy (non-hydrogen) atoms. The SMILES string of the molecule is COCCCc1cc(F)cc2c(=O)c(C(=O)NCc3ccc(Cl)cc3)c[nH]c12. The van der Waals surface area contributed by atoms with Crippen LogP contribution in [0.3, 0.4) is 0 Å². The minimum absolute atomic E-state index is 0.0603. The first-order chi connectivity index (χ1) is 13.5. The molecule has 0 saturated heterocycles. The second kappa shape index (κ2) is 8.99. The average Bonchev–Trinajstić information content (AvgIpc) is 2.68. The molecule has 0 aliphatic carbocycles. The number of amides is 1. The number of halogens is 2. The highest BCUT2D eigenvalue weighted by molar-refractivity contribution is 6.30. The zero-order valence-corrected chi connectivity index (χ0v) is 16.1. The lowest BCUT2D eigenvalue weighted by atomic mass is 10.0. The first-order valence-electron chi connectivity index (χ1n) is 8.85. The molecular weight excluding hydrogens is 383 g/mol. The molecule has 2 aromatic carbocycles. The predicted octanol–water partition coefficient (Wildman–Crippen LogP) is 3.83. The summed E-state index contributed by atoms with van der Waals surface area (Å²) in [5.74, 6) is -1.03. The van der Waals surface area contributed by atoms with Crippen molar-refractivity contribution in [3.05, 3.63) is 80.3 Å². The number of aromatic nitrogens is 1. The van der Waals surface area contributed by atoms with Gasteiger partial charge in [-0.3, -0.25) is 9.59 Å². The van der Waals surface area contributed by atoms with Gasteiger partial charge >= 0.3 is 0 Å². The van der Waals surface area contributed by atoms with E-state index in [0.717, 1.165) is 11.6 Å². The third-order valence-electron chi connectivity index (χ3n) is 4.44. The number of H-pyrrole nitrogens is 1. The lowest BCUT2D eigenvalue weighted by molar-refractivity contribution is 0.0949. The number of carbonyl (C=O) groups excluding carboxylic acids is 1. The van der Waals surface area contributed by atoms with Crippen molar-refractivity contribution < 1.29 is 13.9 Å². The third kappa shape index (κ3) is 4.58. The van der Waals surface area contributed by atoms with Crippen LogP contribution in [0, 0.1) is 5.82 Å². The van der Waals surface area contributed by atoms with Crippen molar-refractivity contribution in [2.45, 2.75) is 19.4 Å². The highest BCUT2D eigenvalue weighted by atomic mass is 35.5. The van der Waals surface area contributed by atoms with Gasteiger partial charge in [-0.2, -0.15) is 0 Å². The topological polar surface area (TPSA) is 71.2 Å². The molecule has 1 aromatic heterocycles. The predicted molar refractivity (Wildman–Crippen MR) is 107 cm³/mol. The van der Waals surface area contributed by atoms with E-state index in [1.165, 1.54) is 12.3 Å². The fourth-order valence-corrected chi connectivity index (χ4v) is 3.15. The number of methoxy groups -OCH3 is 1. The molecule has 0 aliphatic heterocycles. The number of pyridine rings is 1. The number of aromatic amines is 1. The molecule has 0 bridgehead atoms. The van der Waals surface area contributed by atoms with Gasteiger partial charge in [-0.05, 0) is 48.2 Å². The van der Waals surface area contributed by atoms with Crippen LogP contribution in [-0.4, -0.2) is 24.6 Å². The van der Waals surface area contributed by atoms with Gasteiger partial charge in [-0.15, -0.1) is 0 Å². The zero-order valence-electron chi connectivity index (χ0n) is 15.4. The van der Waals surface area contributed by atoms with Crippen molar-refractivity contribution in [2.75, 3.05) is 13.7 Å². The molecule has 0 radical (unpaired) electrons. The molecule has 1 amide bonds. The van der Waals surface area contributed by atoms with Crippen LogP contribution in [0.5, 0.6) is 0 Å². The molecule has 0 fully saturated rings. The molecule has 0 aliphatic rings. The number of ether oxygens (including phenoxy) is 1. The average molecular weight is 403 g/mol. The number of benzene rings is 2. The molecule has 5 nitrogen and oxygen atoms in total. The second-order valence-corrected chi connectivity index (χ2v) is 6.86. The maximum atomic E-state index is 14.0. The monoisotopic (exact) mass is 402 g/mol. The van der Waals surface area contributed by atoms with Crippen LogP contribution in [0.4, 0.5) is 4.39 Å². The molecule has 0 unspecified atom stereocenters. The summed E-state index contributed by atoms with van der Waals surface area (Å²) < 4.78 is 19.0. The van der Waals surface area contributed by atoms with Gasteiger partial charge in [0.2, 0.25) is 5.43 Å². The Labute approximate surface area is 166 Å². The van der Waals surface area contributed by atoms with Crippen molar-refractivity contribution in [1.29, 1.82) is 0 Å². The number of nitrogens with one attached hydrogen (secondary N) is 2. The molecule has 0 atom stereocenters. The second-order valence-electron chi connectivity index (χ2n) is 6.42. The Kier molecular flexibility index (Phi) is 6.44. The van der Waals surface area contributed by atoms with Crippen LogP contribution in [0.1, 0.15) is 27.9 Å². The number of rotatable bonds is 7. The Bertz CT molecular complexity index is 1050. The minimum Gasteiger partial charge on any atom is -0.385 e.